The normalized spacial score (nSPS) is 14.3. The molecule has 0 radical (unpaired) electrons. The fourth-order valence-electron chi connectivity index (χ4n) is 3.03. The molecule has 0 amide bonds. The van der Waals surface area contributed by atoms with Crippen LogP contribution in [-0.4, -0.2) is 12.6 Å². The van der Waals surface area contributed by atoms with Gasteiger partial charge in [-0.15, -0.1) is 0 Å². The highest BCUT2D eigenvalue weighted by Gasteiger charge is 2.19. The SMILES string of the molecule is CCCNC(CCC)C(C)c1cccc2ccccc12. The number of benzene rings is 2. The van der Waals surface area contributed by atoms with Gasteiger partial charge < -0.3 is 5.32 Å². The molecule has 2 unspecified atom stereocenters. The van der Waals surface area contributed by atoms with Crippen molar-refractivity contribution in [3.05, 3.63) is 48.0 Å². The summed E-state index contributed by atoms with van der Waals surface area (Å²) in [5, 5.41) is 6.49. The average Bonchev–Trinajstić information content (AvgIpc) is 2.50. The van der Waals surface area contributed by atoms with Gasteiger partial charge in [0.05, 0.1) is 0 Å². The molecule has 2 aromatic carbocycles. The van der Waals surface area contributed by atoms with E-state index in [1.165, 1.54) is 35.6 Å². The molecular formula is C19H27N. The molecule has 1 N–H and O–H groups in total. The minimum absolute atomic E-state index is 0.549. The standard InChI is InChI=1S/C19H27N/c1-4-9-19(20-14-5-2)15(3)17-13-8-11-16-10-6-7-12-18(16)17/h6-8,10-13,15,19-20H,4-5,9,14H2,1-3H3. The third kappa shape index (κ3) is 3.40. The van der Waals surface area contributed by atoms with Crippen molar-refractivity contribution < 1.29 is 0 Å². The van der Waals surface area contributed by atoms with Crippen LogP contribution in [0, 0.1) is 0 Å². The molecule has 0 saturated carbocycles. The molecular weight excluding hydrogens is 242 g/mol. The van der Waals surface area contributed by atoms with Crippen molar-refractivity contribution >= 4 is 10.8 Å². The van der Waals surface area contributed by atoms with Crippen LogP contribution in [0.2, 0.25) is 0 Å². The molecule has 0 fully saturated rings. The number of rotatable bonds is 7. The van der Waals surface area contributed by atoms with Crippen LogP contribution in [0.1, 0.15) is 51.5 Å². The first-order valence-corrected chi connectivity index (χ1v) is 7.99. The van der Waals surface area contributed by atoms with Crippen LogP contribution >= 0.6 is 0 Å². The summed E-state index contributed by atoms with van der Waals surface area (Å²) in [6, 6.07) is 16.0. The molecule has 2 atom stereocenters. The second kappa shape index (κ2) is 7.44. The van der Waals surface area contributed by atoms with E-state index in [4.69, 9.17) is 0 Å². The van der Waals surface area contributed by atoms with E-state index in [-0.39, 0.29) is 0 Å². The summed E-state index contributed by atoms with van der Waals surface area (Å²) in [4.78, 5) is 0. The Kier molecular flexibility index (Phi) is 5.60. The summed E-state index contributed by atoms with van der Waals surface area (Å²) in [6.07, 6.45) is 3.67. The average molecular weight is 269 g/mol. The first-order chi connectivity index (χ1) is 9.77. The highest BCUT2D eigenvalue weighted by molar-refractivity contribution is 5.86. The number of nitrogens with one attached hydrogen (secondary N) is 1. The van der Waals surface area contributed by atoms with Gasteiger partial charge in [-0.25, -0.2) is 0 Å². The highest BCUT2D eigenvalue weighted by atomic mass is 14.9. The Morgan fingerprint density at radius 3 is 2.45 bits per heavy atom. The Morgan fingerprint density at radius 2 is 1.70 bits per heavy atom. The van der Waals surface area contributed by atoms with Crippen molar-refractivity contribution in [1.82, 2.24) is 5.32 Å². The molecule has 20 heavy (non-hydrogen) atoms. The van der Waals surface area contributed by atoms with Crippen molar-refractivity contribution in [3.63, 3.8) is 0 Å². The van der Waals surface area contributed by atoms with Crippen molar-refractivity contribution in [3.8, 4) is 0 Å². The fourth-order valence-corrected chi connectivity index (χ4v) is 3.03. The van der Waals surface area contributed by atoms with Crippen LogP contribution in [0.4, 0.5) is 0 Å². The second-order valence-corrected chi connectivity index (χ2v) is 5.71. The zero-order chi connectivity index (χ0) is 14.4. The molecule has 0 spiro atoms. The van der Waals surface area contributed by atoms with E-state index in [1.807, 2.05) is 0 Å². The van der Waals surface area contributed by atoms with Gasteiger partial charge in [-0.2, -0.15) is 0 Å². The van der Waals surface area contributed by atoms with E-state index in [0.29, 0.717) is 12.0 Å². The summed E-state index contributed by atoms with van der Waals surface area (Å²) < 4.78 is 0. The van der Waals surface area contributed by atoms with Gasteiger partial charge in [0.25, 0.3) is 0 Å². The fraction of sp³-hybridized carbons (Fsp3) is 0.474. The van der Waals surface area contributed by atoms with Crippen molar-refractivity contribution in [1.29, 1.82) is 0 Å². The van der Waals surface area contributed by atoms with Crippen LogP contribution in [0.25, 0.3) is 10.8 Å². The Morgan fingerprint density at radius 1 is 0.950 bits per heavy atom. The molecule has 2 aromatic rings. The maximum absolute atomic E-state index is 3.73. The summed E-state index contributed by atoms with van der Waals surface area (Å²) in [5.41, 5.74) is 1.48. The molecule has 0 aliphatic heterocycles. The molecule has 0 heterocycles. The van der Waals surface area contributed by atoms with Crippen LogP contribution in [0.15, 0.2) is 42.5 Å². The lowest BCUT2D eigenvalue weighted by atomic mass is 9.87. The monoisotopic (exact) mass is 269 g/mol. The van der Waals surface area contributed by atoms with E-state index < -0.39 is 0 Å². The first kappa shape index (κ1) is 15.1. The minimum atomic E-state index is 0.549. The van der Waals surface area contributed by atoms with Crippen LogP contribution < -0.4 is 5.32 Å². The molecule has 108 valence electrons. The number of hydrogen-bond donors (Lipinski definition) is 1. The second-order valence-electron chi connectivity index (χ2n) is 5.71. The molecule has 0 aliphatic rings. The van der Waals surface area contributed by atoms with E-state index in [1.54, 1.807) is 0 Å². The number of hydrogen-bond acceptors (Lipinski definition) is 1. The van der Waals surface area contributed by atoms with Crippen LogP contribution in [-0.2, 0) is 0 Å². The van der Waals surface area contributed by atoms with Gasteiger partial charge in [-0.1, -0.05) is 69.7 Å². The van der Waals surface area contributed by atoms with Crippen molar-refractivity contribution in [2.45, 2.75) is 52.0 Å². The molecule has 0 saturated heterocycles. The Balaban J connectivity index is 2.30. The van der Waals surface area contributed by atoms with Crippen LogP contribution in [0.5, 0.6) is 0 Å². The van der Waals surface area contributed by atoms with Gasteiger partial charge in [-0.3, -0.25) is 0 Å². The quantitative estimate of drug-likeness (QED) is 0.736. The van der Waals surface area contributed by atoms with E-state index in [9.17, 15) is 0 Å². The summed E-state index contributed by atoms with van der Waals surface area (Å²) in [6.45, 7) is 7.99. The Hall–Kier alpha value is -1.34. The lowest BCUT2D eigenvalue weighted by Gasteiger charge is -2.26. The van der Waals surface area contributed by atoms with Gasteiger partial charge in [0.1, 0.15) is 0 Å². The largest absolute Gasteiger partial charge is 0.313 e. The zero-order valence-electron chi connectivity index (χ0n) is 13.0. The van der Waals surface area contributed by atoms with E-state index in [2.05, 4.69) is 68.6 Å². The summed E-state index contributed by atoms with van der Waals surface area (Å²) >= 11 is 0. The third-order valence-electron chi connectivity index (χ3n) is 4.17. The van der Waals surface area contributed by atoms with Crippen molar-refractivity contribution in [2.24, 2.45) is 0 Å². The summed E-state index contributed by atoms with van der Waals surface area (Å²) in [7, 11) is 0. The first-order valence-electron chi connectivity index (χ1n) is 7.99. The molecule has 1 heteroatoms. The van der Waals surface area contributed by atoms with E-state index >= 15 is 0 Å². The van der Waals surface area contributed by atoms with Gasteiger partial charge in [0, 0.05) is 6.04 Å². The van der Waals surface area contributed by atoms with Gasteiger partial charge in [0.2, 0.25) is 0 Å². The van der Waals surface area contributed by atoms with Gasteiger partial charge >= 0.3 is 0 Å². The lowest BCUT2D eigenvalue weighted by Crippen LogP contribution is -2.34. The van der Waals surface area contributed by atoms with Crippen molar-refractivity contribution in [2.75, 3.05) is 6.54 Å². The Labute approximate surface area is 123 Å². The minimum Gasteiger partial charge on any atom is -0.313 e. The highest BCUT2D eigenvalue weighted by Crippen LogP contribution is 2.29. The third-order valence-corrected chi connectivity index (χ3v) is 4.17. The van der Waals surface area contributed by atoms with E-state index in [0.717, 1.165) is 6.54 Å². The predicted octanol–water partition coefficient (Wildman–Crippen LogP) is 5.11. The topological polar surface area (TPSA) is 12.0 Å². The molecule has 1 nitrogen and oxygen atoms in total. The zero-order valence-corrected chi connectivity index (χ0v) is 13.0. The van der Waals surface area contributed by atoms with Crippen LogP contribution in [0.3, 0.4) is 0 Å². The number of fused-ring (bicyclic) bond motifs is 1. The predicted molar refractivity (Wildman–Crippen MR) is 89.4 cm³/mol. The maximum Gasteiger partial charge on any atom is 0.0133 e. The molecule has 0 aliphatic carbocycles. The lowest BCUT2D eigenvalue weighted by molar-refractivity contribution is 0.422. The molecule has 2 rings (SSSR count). The molecule has 0 bridgehead atoms. The summed E-state index contributed by atoms with van der Waals surface area (Å²) in [5.74, 6) is 0.549. The van der Waals surface area contributed by atoms with Gasteiger partial charge in [-0.05, 0) is 41.6 Å². The van der Waals surface area contributed by atoms with Gasteiger partial charge in [0.15, 0.2) is 0 Å². The Bertz CT molecular complexity index is 527. The smallest absolute Gasteiger partial charge is 0.0133 e. The molecule has 0 aromatic heterocycles. The maximum atomic E-state index is 3.73.